The minimum Gasteiger partial charge on any atom is -0.412 e. The van der Waals surface area contributed by atoms with Crippen LogP contribution in [0.3, 0.4) is 0 Å². The molecule has 0 aliphatic heterocycles. The normalized spacial score (nSPS) is 14.3. The average molecular weight is 195 g/mol. The van der Waals surface area contributed by atoms with E-state index in [9.17, 15) is 0 Å². The molecule has 0 aromatic carbocycles. The number of alkyl halides is 3. The van der Waals surface area contributed by atoms with Crippen LogP contribution in [0.4, 0.5) is 0 Å². The second-order valence-corrected chi connectivity index (χ2v) is 3.83. The van der Waals surface area contributed by atoms with Crippen molar-refractivity contribution in [2.45, 2.75) is 23.2 Å². The molecule has 1 atom stereocenters. The molecule has 9 heavy (non-hydrogen) atoms. The lowest BCUT2D eigenvalue weighted by atomic mass is 10.3. The summed E-state index contributed by atoms with van der Waals surface area (Å²) in [6.45, 7) is 1.74. The van der Waals surface area contributed by atoms with E-state index in [1.807, 2.05) is 0 Å². The Bertz CT molecular complexity index is 70.7. The SMILES string of the molecule is CCC(O)C(Cl)(Cl)Cl.O. The lowest BCUT2D eigenvalue weighted by Crippen LogP contribution is -2.23. The van der Waals surface area contributed by atoms with Gasteiger partial charge >= 0.3 is 0 Å². The van der Waals surface area contributed by atoms with Crippen LogP contribution in [0.5, 0.6) is 0 Å². The molecule has 0 radical (unpaired) electrons. The Morgan fingerprint density at radius 2 is 1.78 bits per heavy atom. The minimum atomic E-state index is -1.52. The van der Waals surface area contributed by atoms with Crippen molar-refractivity contribution in [1.82, 2.24) is 0 Å². The third-order valence-electron chi connectivity index (χ3n) is 0.765. The largest absolute Gasteiger partial charge is 0.412 e. The summed E-state index contributed by atoms with van der Waals surface area (Å²) in [6, 6.07) is 0. The fourth-order valence-corrected chi connectivity index (χ4v) is 0.694. The maximum atomic E-state index is 8.80. The van der Waals surface area contributed by atoms with E-state index in [1.165, 1.54) is 0 Å². The van der Waals surface area contributed by atoms with E-state index in [1.54, 1.807) is 6.92 Å². The molecule has 0 aromatic rings. The van der Waals surface area contributed by atoms with Gasteiger partial charge in [0.2, 0.25) is 3.79 Å². The lowest BCUT2D eigenvalue weighted by Gasteiger charge is -2.15. The van der Waals surface area contributed by atoms with Crippen molar-refractivity contribution in [3.05, 3.63) is 0 Å². The summed E-state index contributed by atoms with van der Waals surface area (Å²) < 4.78 is -1.52. The Labute approximate surface area is 69.0 Å². The van der Waals surface area contributed by atoms with Crippen molar-refractivity contribution < 1.29 is 10.6 Å². The van der Waals surface area contributed by atoms with Gasteiger partial charge in [-0.3, -0.25) is 0 Å². The Hall–Kier alpha value is 0.790. The highest BCUT2D eigenvalue weighted by molar-refractivity contribution is 6.68. The zero-order chi connectivity index (χ0) is 6.78. The van der Waals surface area contributed by atoms with Gasteiger partial charge in [0, 0.05) is 0 Å². The molecule has 0 saturated carbocycles. The van der Waals surface area contributed by atoms with Crippen LogP contribution < -0.4 is 0 Å². The first-order chi connectivity index (χ1) is 3.48. The van der Waals surface area contributed by atoms with Gasteiger partial charge in [0.25, 0.3) is 0 Å². The van der Waals surface area contributed by atoms with Gasteiger partial charge in [0.1, 0.15) is 6.10 Å². The summed E-state index contributed by atoms with van der Waals surface area (Å²) in [6.07, 6.45) is -0.399. The number of aliphatic hydroxyl groups is 1. The van der Waals surface area contributed by atoms with Crippen molar-refractivity contribution in [3.8, 4) is 0 Å². The molecule has 0 fully saturated rings. The molecule has 0 spiro atoms. The van der Waals surface area contributed by atoms with E-state index >= 15 is 0 Å². The fraction of sp³-hybridized carbons (Fsp3) is 1.00. The first-order valence-electron chi connectivity index (χ1n) is 2.23. The van der Waals surface area contributed by atoms with Crippen LogP contribution in [0, 0.1) is 0 Å². The summed E-state index contributed by atoms with van der Waals surface area (Å²) in [5.74, 6) is 0. The van der Waals surface area contributed by atoms with E-state index in [2.05, 4.69) is 0 Å². The van der Waals surface area contributed by atoms with Crippen molar-refractivity contribution in [2.75, 3.05) is 0 Å². The van der Waals surface area contributed by atoms with Crippen LogP contribution in [-0.4, -0.2) is 20.5 Å². The Morgan fingerprint density at radius 1 is 1.44 bits per heavy atom. The number of halogens is 3. The second kappa shape index (κ2) is 4.58. The molecular formula is C4H9Cl3O2. The predicted molar refractivity (Wildman–Crippen MR) is 40.2 cm³/mol. The molecule has 0 aliphatic rings. The van der Waals surface area contributed by atoms with Gasteiger partial charge < -0.3 is 10.6 Å². The summed E-state index contributed by atoms with van der Waals surface area (Å²) in [5, 5.41) is 8.80. The van der Waals surface area contributed by atoms with E-state index < -0.39 is 9.90 Å². The van der Waals surface area contributed by atoms with E-state index in [0.717, 1.165) is 0 Å². The molecule has 0 heterocycles. The van der Waals surface area contributed by atoms with Crippen LogP contribution in [0.25, 0.3) is 0 Å². The molecule has 0 aliphatic carbocycles. The Kier molecular flexibility index (Phi) is 6.35. The molecule has 3 N–H and O–H groups in total. The van der Waals surface area contributed by atoms with Crippen LogP contribution in [0.1, 0.15) is 13.3 Å². The summed E-state index contributed by atoms with van der Waals surface area (Å²) >= 11 is 15.8. The zero-order valence-electron chi connectivity index (χ0n) is 4.87. The van der Waals surface area contributed by atoms with Crippen molar-refractivity contribution in [1.29, 1.82) is 0 Å². The standard InChI is InChI=1S/C4H7Cl3O.H2O/c1-2-3(8)4(5,6)7;/h3,8H,2H2,1H3;1H2. The summed E-state index contributed by atoms with van der Waals surface area (Å²) in [4.78, 5) is 0. The number of rotatable bonds is 1. The topological polar surface area (TPSA) is 51.7 Å². The molecule has 0 bridgehead atoms. The van der Waals surface area contributed by atoms with Crippen LogP contribution in [0.2, 0.25) is 0 Å². The lowest BCUT2D eigenvalue weighted by molar-refractivity contribution is 0.174. The maximum Gasteiger partial charge on any atom is 0.215 e. The molecule has 0 amide bonds. The number of aliphatic hydroxyl groups excluding tert-OH is 1. The van der Waals surface area contributed by atoms with Gasteiger partial charge in [-0.15, -0.1) is 0 Å². The van der Waals surface area contributed by atoms with Gasteiger partial charge in [-0.2, -0.15) is 0 Å². The van der Waals surface area contributed by atoms with Crippen LogP contribution in [0.15, 0.2) is 0 Å². The smallest absolute Gasteiger partial charge is 0.215 e. The Morgan fingerprint density at radius 3 is 1.78 bits per heavy atom. The molecule has 5 heteroatoms. The Balaban J connectivity index is 0. The first-order valence-corrected chi connectivity index (χ1v) is 3.36. The van der Waals surface area contributed by atoms with Crippen molar-refractivity contribution in [3.63, 3.8) is 0 Å². The van der Waals surface area contributed by atoms with Gasteiger partial charge in [0.15, 0.2) is 0 Å². The predicted octanol–water partition coefficient (Wildman–Crippen LogP) is 1.30. The van der Waals surface area contributed by atoms with Gasteiger partial charge in [-0.25, -0.2) is 0 Å². The van der Waals surface area contributed by atoms with Crippen molar-refractivity contribution >= 4 is 34.8 Å². The third kappa shape index (κ3) is 5.25. The molecule has 58 valence electrons. The quantitative estimate of drug-likeness (QED) is 0.630. The highest BCUT2D eigenvalue weighted by Crippen LogP contribution is 2.31. The number of hydrogen-bond donors (Lipinski definition) is 1. The third-order valence-corrected chi connectivity index (χ3v) is 1.52. The number of hydrogen-bond acceptors (Lipinski definition) is 1. The van der Waals surface area contributed by atoms with E-state index in [0.29, 0.717) is 6.42 Å². The molecule has 2 nitrogen and oxygen atoms in total. The molecule has 1 unspecified atom stereocenters. The highest BCUT2D eigenvalue weighted by atomic mass is 35.6. The highest BCUT2D eigenvalue weighted by Gasteiger charge is 2.28. The minimum absolute atomic E-state index is 0. The van der Waals surface area contributed by atoms with Gasteiger partial charge in [-0.1, -0.05) is 41.7 Å². The zero-order valence-corrected chi connectivity index (χ0v) is 7.13. The van der Waals surface area contributed by atoms with Gasteiger partial charge in [-0.05, 0) is 6.42 Å². The summed E-state index contributed by atoms with van der Waals surface area (Å²) in [5.41, 5.74) is 0. The van der Waals surface area contributed by atoms with Crippen LogP contribution in [-0.2, 0) is 0 Å². The van der Waals surface area contributed by atoms with Crippen LogP contribution >= 0.6 is 34.8 Å². The maximum absolute atomic E-state index is 8.80. The van der Waals surface area contributed by atoms with E-state index in [-0.39, 0.29) is 5.48 Å². The first kappa shape index (κ1) is 12.5. The molecule has 0 rings (SSSR count). The van der Waals surface area contributed by atoms with E-state index in [4.69, 9.17) is 39.9 Å². The van der Waals surface area contributed by atoms with Crippen molar-refractivity contribution in [2.24, 2.45) is 0 Å². The summed E-state index contributed by atoms with van der Waals surface area (Å²) in [7, 11) is 0. The second-order valence-electron chi connectivity index (χ2n) is 1.47. The molecular weight excluding hydrogens is 186 g/mol. The average Bonchev–Trinajstić information content (AvgIpc) is 1.62. The monoisotopic (exact) mass is 194 g/mol. The fourth-order valence-electron chi connectivity index (χ4n) is 0.231. The molecule has 0 aromatic heterocycles. The molecule has 0 saturated heterocycles. The van der Waals surface area contributed by atoms with Gasteiger partial charge in [0.05, 0.1) is 0 Å².